The molecule has 1 fully saturated rings. The van der Waals surface area contributed by atoms with Crippen molar-refractivity contribution < 1.29 is 4.79 Å². The van der Waals surface area contributed by atoms with Gasteiger partial charge in [-0.3, -0.25) is 15.1 Å². The molecule has 5 N–H and O–H groups in total. The van der Waals surface area contributed by atoms with Crippen LogP contribution < -0.4 is 16.8 Å². The Morgan fingerprint density at radius 2 is 2.37 bits per heavy atom. The van der Waals surface area contributed by atoms with Crippen molar-refractivity contribution in [2.75, 3.05) is 24.7 Å². The molecule has 0 aromatic rings. The van der Waals surface area contributed by atoms with Gasteiger partial charge in [-0.05, 0) is 19.3 Å². The van der Waals surface area contributed by atoms with E-state index < -0.39 is 6.04 Å². The van der Waals surface area contributed by atoms with Gasteiger partial charge in [0.25, 0.3) is 0 Å². The van der Waals surface area contributed by atoms with Crippen molar-refractivity contribution in [1.82, 2.24) is 10.2 Å². The highest BCUT2D eigenvalue weighted by Gasteiger charge is 2.23. The number of amides is 1. The highest BCUT2D eigenvalue weighted by molar-refractivity contribution is 7.99. The first-order valence-electron chi connectivity index (χ1n) is 6.22. The highest BCUT2D eigenvalue weighted by atomic mass is 32.2. The lowest BCUT2D eigenvalue weighted by molar-refractivity contribution is -0.131. The number of nitrogens with zero attached hydrogens (tertiary/aromatic N) is 3. The van der Waals surface area contributed by atoms with Gasteiger partial charge in [-0.2, -0.15) is 5.26 Å². The molecule has 1 aliphatic rings. The summed E-state index contributed by atoms with van der Waals surface area (Å²) >= 11 is 1.75. The van der Waals surface area contributed by atoms with E-state index in [4.69, 9.17) is 16.7 Å². The van der Waals surface area contributed by atoms with Gasteiger partial charge in [-0.15, -0.1) is 11.8 Å². The Bertz CT molecular complexity index is 361. The number of hydrogen-bond acceptors (Lipinski definition) is 5. The van der Waals surface area contributed by atoms with E-state index in [9.17, 15) is 4.79 Å². The fraction of sp³-hybridized carbons (Fsp3) is 0.727. The second kappa shape index (κ2) is 8.61. The van der Waals surface area contributed by atoms with E-state index in [1.165, 1.54) is 0 Å². The molecule has 0 saturated carbocycles. The number of nitriles is 1. The lowest BCUT2D eigenvalue weighted by atomic mass is 10.1. The van der Waals surface area contributed by atoms with E-state index in [0.717, 1.165) is 31.0 Å². The molecule has 7 nitrogen and oxygen atoms in total. The molecule has 1 atom stereocenters. The first-order chi connectivity index (χ1) is 9.15. The third kappa shape index (κ3) is 5.81. The van der Waals surface area contributed by atoms with Crippen LogP contribution in [-0.2, 0) is 4.79 Å². The minimum atomic E-state index is -0.419. The van der Waals surface area contributed by atoms with Crippen LogP contribution in [0.5, 0.6) is 0 Å². The van der Waals surface area contributed by atoms with Gasteiger partial charge in [0.2, 0.25) is 11.9 Å². The second-order valence-corrected chi connectivity index (χ2v) is 5.32. The summed E-state index contributed by atoms with van der Waals surface area (Å²) in [5, 5.41) is 10.5. The maximum atomic E-state index is 11.9. The standard InChI is InChI=1S/C11H20N6OS/c12-7-16-11(14)15-4-2-1-3-9(13)10(18)17-5-6-19-8-17/h9H,1-6,8,13H2,(H3,14,15,16)/t9-/m0/s1. The molecule has 0 aromatic carbocycles. The lowest BCUT2D eigenvalue weighted by Gasteiger charge is -2.19. The Balaban J connectivity index is 2.13. The molecule has 19 heavy (non-hydrogen) atoms. The number of aliphatic imine (C=N–C) groups is 1. The molecule has 106 valence electrons. The van der Waals surface area contributed by atoms with E-state index in [1.54, 1.807) is 18.0 Å². The van der Waals surface area contributed by atoms with Crippen molar-refractivity contribution in [3.05, 3.63) is 0 Å². The first kappa shape index (κ1) is 15.6. The topological polar surface area (TPSA) is 121 Å². The summed E-state index contributed by atoms with van der Waals surface area (Å²) in [6, 6.07) is -0.419. The SMILES string of the molecule is N#CNC(N)=NCCCC[C@H](N)C(=O)N1CCSC1. The predicted octanol–water partition coefficient (Wildman–Crippen LogP) is -0.598. The number of hydrogen-bond donors (Lipinski definition) is 3. The number of thioether (sulfide) groups is 1. The van der Waals surface area contributed by atoms with Gasteiger partial charge >= 0.3 is 0 Å². The molecule has 0 radical (unpaired) electrons. The number of guanidine groups is 1. The minimum absolute atomic E-state index is 0.0409. The van der Waals surface area contributed by atoms with Crippen molar-refractivity contribution in [2.45, 2.75) is 25.3 Å². The van der Waals surface area contributed by atoms with Crippen LogP contribution >= 0.6 is 11.8 Å². The quantitative estimate of drug-likeness (QED) is 0.197. The van der Waals surface area contributed by atoms with Gasteiger partial charge < -0.3 is 16.4 Å². The van der Waals surface area contributed by atoms with Crippen molar-refractivity contribution in [3.63, 3.8) is 0 Å². The lowest BCUT2D eigenvalue weighted by Crippen LogP contribution is -2.42. The third-order valence-corrected chi connectivity index (χ3v) is 3.74. The summed E-state index contributed by atoms with van der Waals surface area (Å²) in [6.07, 6.45) is 3.96. The van der Waals surface area contributed by atoms with Crippen LogP contribution in [-0.4, -0.2) is 47.5 Å². The Morgan fingerprint density at radius 1 is 1.58 bits per heavy atom. The summed E-state index contributed by atoms with van der Waals surface area (Å²) in [4.78, 5) is 17.7. The Morgan fingerprint density at radius 3 is 3.00 bits per heavy atom. The molecule has 0 spiro atoms. The molecule has 8 heteroatoms. The van der Waals surface area contributed by atoms with Crippen LogP contribution in [0.2, 0.25) is 0 Å². The normalized spacial score (nSPS) is 17.1. The van der Waals surface area contributed by atoms with E-state index in [-0.39, 0.29) is 11.9 Å². The van der Waals surface area contributed by atoms with Crippen molar-refractivity contribution >= 4 is 23.6 Å². The van der Waals surface area contributed by atoms with Crippen LogP contribution in [0.25, 0.3) is 0 Å². The zero-order valence-corrected chi connectivity index (χ0v) is 11.7. The van der Waals surface area contributed by atoms with Crippen LogP contribution in [0.1, 0.15) is 19.3 Å². The van der Waals surface area contributed by atoms with E-state index in [2.05, 4.69) is 10.3 Å². The highest BCUT2D eigenvalue weighted by Crippen LogP contribution is 2.15. The Labute approximate surface area is 117 Å². The maximum absolute atomic E-state index is 11.9. The number of nitrogens with one attached hydrogen (secondary N) is 1. The Hall–Kier alpha value is -1.46. The van der Waals surface area contributed by atoms with Gasteiger partial charge in [-0.1, -0.05) is 0 Å². The molecule has 1 aliphatic heterocycles. The number of unbranched alkanes of at least 4 members (excludes halogenated alkanes) is 1. The maximum Gasteiger partial charge on any atom is 0.240 e. The van der Waals surface area contributed by atoms with E-state index >= 15 is 0 Å². The molecular formula is C11H20N6OS. The molecule has 1 amide bonds. The number of nitrogens with two attached hydrogens (primary N) is 2. The molecule has 1 rings (SSSR count). The number of rotatable bonds is 6. The molecule has 1 saturated heterocycles. The van der Waals surface area contributed by atoms with Crippen LogP contribution in [0.15, 0.2) is 4.99 Å². The molecule has 0 unspecified atom stereocenters. The summed E-state index contributed by atoms with van der Waals surface area (Å²) in [5.74, 6) is 1.92. The zero-order valence-electron chi connectivity index (χ0n) is 10.8. The van der Waals surface area contributed by atoms with Crippen molar-refractivity contribution in [3.8, 4) is 6.19 Å². The fourth-order valence-electron chi connectivity index (χ4n) is 1.72. The smallest absolute Gasteiger partial charge is 0.240 e. The van der Waals surface area contributed by atoms with E-state index in [0.29, 0.717) is 13.0 Å². The fourth-order valence-corrected chi connectivity index (χ4v) is 2.67. The monoisotopic (exact) mass is 284 g/mol. The summed E-state index contributed by atoms with van der Waals surface area (Å²) in [6.45, 7) is 1.33. The number of carbonyl (C=O) groups excluding carboxylic acids is 1. The predicted molar refractivity (Wildman–Crippen MR) is 76.1 cm³/mol. The zero-order chi connectivity index (χ0) is 14.1. The molecular weight excluding hydrogens is 264 g/mol. The average molecular weight is 284 g/mol. The van der Waals surface area contributed by atoms with Crippen molar-refractivity contribution in [1.29, 1.82) is 5.26 Å². The minimum Gasteiger partial charge on any atom is -0.369 e. The average Bonchev–Trinajstić information content (AvgIpc) is 2.91. The molecule has 0 aromatic heterocycles. The van der Waals surface area contributed by atoms with Gasteiger partial charge in [-0.25, -0.2) is 0 Å². The van der Waals surface area contributed by atoms with E-state index in [1.807, 2.05) is 4.90 Å². The van der Waals surface area contributed by atoms with Crippen molar-refractivity contribution in [2.24, 2.45) is 16.5 Å². The summed E-state index contributed by atoms with van der Waals surface area (Å²) in [7, 11) is 0. The molecule has 1 heterocycles. The summed E-state index contributed by atoms with van der Waals surface area (Å²) in [5.41, 5.74) is 11.3. The third-order valence-electron chi connectivity index (χ3n) is 2.77. The molecule has 0 aliphatic carbocycles. The first-order valence-corrected chi connectivity index (χ1v) is 7.37. The summed E-state index contributed by atoms with van der Waals surface area (Å²) < 4.78 is 0. The van der Waals surface area contributed by atoms with Gasteiger partial charge in [0, 0.05) is 18.8 Å². The van der Waals surface area contributed by atoms with Crippen LogP contribution in [0.4, 0.5) is 0 Å². The van der Waals surface area contributed by atoms with Gasteiger partial charge in [0.1, 0.15) is 0 Å². The Kier molecular flexibility index (Phi) is 7.07. The molecule has 0 bridgehead atoms. The second-order valence-electron chi connectivity index (χ2n) is 4.25. The largest absolute Gasteiger partial charge is 0.369 e. The van der Waals surface area contributed by atoms with Gasteiger partial charge in [0.15, 0.2) is 6.19 Å². The number of carbonyl (C=O) groups is 1. The van der Waals surface area contributed by atoms with Gasteiger partial charge in [0.05, 0.1) is 11.9 Å². The van der Waals surface area contributed by atoms with Crippen LogP contribution in [0, 0.1) is 11.5 Å². The van der Waals surface area contributed by atoms with Crippen LogP contribution in [0.3, 0.4) is 0 Å².